The van der Waals surface area contributed by atoms with E-state index in [4.69, 9.17) is 10.5 Å². The van der Waals surface area contributed by atoms with E-state index in [1.54, 1.807) is 6.20 Å². The van der Waals surface area contributed by atoms with Crippen molar-refractivity contribution in [2.75, 3.05) is 5.32 Å². The SMILES string of the molecule is Cc1cc(Nc2nc(OC3CC4(CC(N)C4)C3)c3ncccc3n2)sn1. The van der Waals surface area contributed by atoms with Crippen molar-refractivity contribution in [1.29, 1.82) is 0 Å². The van der Waals surface area contributed by atoms with Crippen LogP contribution in [-0.4, -0.2) is 31.5 Å². The molecule has 8 heteroatoms. The molecule has 2 aliphatic carbocycles. The first kappa shape index (κ1) is 15.9. The van der Waals surface area contributed by atoms with Crippen LogP contribution in [0.1, 0.15) is 31.4 Å². The summed E-state index contributed by atoms with van der Waals surface area (Å²) in [6, 6.07) is 6.13. The van der Waals surface area contributed by atoms with Crippen LogP contribution in [0.4, 0.5) is 10.9 Å². The number of rotatable bonds is 4. The molecule has 0 aliphatic heterocycles. The van der Waals surface area contributed by atoms with Crippen LogP contribution in [-0.2, 0) is 0 Å². The summed E-state index contributed by atoms with van der Waals surface area (Å²) in [5, 5.41) is 4.13. The Hall–Kier alpha value is -2.32. The van der Waals surface area contributed by atoms with Gasteiger partial charge in [-0.05, 0) is 67.8 Å². The fraction of sp³-hybridized carbons (Fsp3) is 0.444. The number of fused-ring (bicyclic) bond motifs is 1. The molecule has 3 heterocycles. The van der Waals surface area contributed by atoms with Crippen LogP contribution < -0.4 is 15.8 Å². The molecule has 3 N–H and O–H groups in total. The number of nitrogens with two attached hydrogens (primary N) is 1. The highest BCUT2D eigenvalue weighted by Gasteiger charge is 2.53. The summed E-state index contributed by atoms with van der Waals surface area (Å²) in [6.45, 7) is 1.96. The van der Waals surface area contributed by atoms with Crippen LogP contribution >= 0.6 is 11.5 Å². The Morgan fingerprint density at radius 2 is 2.12 bits per heavy atom. The second kappa shape index (κ2) is 5.85. The lowest BCUT2D eigenvalue weighted by Gasteiger charge is -2.56. The number of aromatic nitrogens is 4. The normalized spacial score (nSPS) is 27.2. The quantitative estimate of drug-likeness (QED) is 0.729. The molecule has 0 amide bonds. The predicted molar refractivity (Wildman–Crippen MR) is 101 cm³/mol. The highest BCUT2D eigenvalue weighted by Crippen LogP contribution is 2.56. The molecule has 0 radical (unpaired) electrons. The number of hydrogen-bond acceptors (Lipinski definition) is 8. The number of nitrogens with one attached hydrogen (secondary N) is 1. The summed E-state index contributed by atoms with van der Waals surface area (Å²) in [7, 11) is 0. The molecule has 2 fully saturated rings. The Balaban J connectivity index is 1.40. The molecule has 7 nitrogen and oxygen atoms in total. The standard InChI is InChI=1S/C18H20N6OS/c1-10-5-14(26-24-10)22-17-21-13-3-2-4-20-15(13)16(23-17)25-12-8-18(9-12)6-11(19)7-18/h2-5,11-12H,6-9,19H2,1H3,(H,21,22,23). The van der Waals surface area contributed by atoms with Crippen molar-refractivity contribution in [3.05, 3.63) is 30.1 Å². The highest BCUT2D eigenvalue weighted by atomic mass is 32.1. The minimum Gasteiger partial charge on any atom is -0.473 e. The van der Waals surface area contributed by atoms with E-state index < -0.39 is 0 Å². The molecule has 0 atom stereocenters. The van der Waals surface area contributed by atoms with Crippen molar-refractivity contribution in [3.8, 4) is 5.88 Å². The van der Waals surface area contributed by atoms with Gasteiger partial charge in [0.1, 0.15) is 11.1 Å². The van der Waals surface area contributed by atoms with E-state index in [2.05, 4.69) is 24.6 Å². The summed E-state index contributed by atoms with van der Waals surface area (Å²) < 4.78 is 10.5. The van der Waals surface area contributed by atoms with Gasteiger partial charge in [-0.2, -0.15) is 9.36 Å². The number of nitrogens with zero attached hydrogens (tertiary/aromatic N) is 4. The topological polar surface area (TPSA) is 98.8 Å². The van der Waals surface area contributed by atoms with Crippen LogP contribution in [0.5, 0.6) is 5.88 Å². The molecule has 0 saturated heterocycles. The van der Waals surface area contributed by atoms with Crippen LogP contribution in [0.25, 0.3) is 11.0 Å². The molecule has 3 aromatic heterocycles. The number of anilines is 2. The second-order valence-electron chi connectivity index (χ2n) is 7.50. The molecule has 0 unspecified atom stereocenters. The largest absolute Gasteiger partial charge is 0.473 e. The molecule has 3 aromatic rings. The maximum Gasteiger partial charge on any atom is 0.245 e. The number of ether oxygens (including phenoxy) is 1. The highest BCUT2D eigenvalue weighted by molar-refractivity contribution is 7.10. The van der Waals surface area contributed by atoms with Crippen molar-refractivity contribution in [3.63, 3.8) is 0 Å². The molecule has 2 saturated carbocycles. The van der Waals surface area contributed by atoms with Crippen molar-refractivity contribution < 1.29 is 4.74 Å². The fourth-order valence-corrected chi connectivity index (χ4v) is 4.80. The van der Waals surface area contributed by atoms with Gasteiger partial charge in [-0.15, -0.1) is 0 Å². The van der Waals surface area contributed by atoms with Gasteiger partial charge in [-0.25, -0.2) is 9.97 Å². The first-order valence-corrected chi connectivity index (χ1v) is 9.61. The second-order valence-corrected chi connectivity index (χ2v) is 8.30. The molecule has 0 aromatic carbocycles. The van der Waals surface area contributed by atoms with E-state index in [9.17, 15) is 0 Å². The van der Waals surface area contributed by atoms with Crippen molar-refractivity contribution in [2.24, 2.45) is 11.1 Å². The average Bonchev–Trinajstić information content (AvgIpc) is 2.96. The Labute approximate surface area is 155 Å². The Kier molecular flexibility index (Phi) is 3.58. The lowest BCUT2D eigenvalue weighted by atomic mass is 9.53. The maximum atomic E-state index is 6.21. The van der Waals surface area contributed by atoms with Gasteiger partial charge in [-0.1, -0.05) is 0 Å². The van der Waals surface area contributed by atoms with Gasteiger partial charge in [0.2, 0.25) is 11.8 Å². The smallest absolute Gasteiger partial charge is 0.245 e. The number of pyridine rings is 1. The molecule has 134 valence electrons. The van der Waals surface area contributed by atoms with Gasteiger partial charge in [0, 0.05) is 12.2 Å². The Morgan fingerprint density at radius 3 is 2.85 bits per heavy atom. The number of hydrogen-bond donors (Lipinski definition) is 2. The zero-order valence-electron chi connectivity index (χ0n) is 14.5. The van der Waals surface area contributed by atoms with Crippen molar-refractivity contribution in [2.45, 2.75) is 44.8 Å². The lowest BCUT2D eigenvalue weighted by Crippen LogP contribution is -2.56. The minimum atomic E-state index is 0.182. The fourth-order valence-electron chi connectivity index (χ4n) is 4.14. The maximum absolute atomic E-state index is 6.21. The van der Waals surface area contributed by atoms with Crippen LogP contribution in [0.3, 0.4) is 0 Å². The van der Waals surface area contributed by atoms with E-state index in [1.165, 1.54) is 11.5 Å². The third kappa shape index (κ3) is 2.79. The Bertz CT molecular complexity index is 959. The van der Waals surface area contributed by atoms with E-state index in [0.29, 0.717) is 28.8 Å². The predicted octanol–water partition coefficient (Wildman–Crippen LogP) is 3.18. The third-order valence-electron chi connectivity index (χ3n) is 5.28. The first-order chi connectivity index (χ1) is 12.6. The summed E-state index contributed by atoms with van der Waals surface area (Å²) in [4.78, 5) is 13.6. The van der Waals surface area contributed by atoms with Gasteiger partial charge >= 0.3 is 0 Å². The lowest BCUT2D eigenvalue weighted by molar-refractivity contribution is -0.0790. The summed E-state index contributed by atoms with van der Waals surface area (Å²) in [5.74, 6) is 1.05. The monoisotopic (exact) mass is 368 g/mol. The van der Waals surface area contributed by atoms with E-state index in [1.807, 2.05) is 25.1 Å². The molecule has 0 bridgehead atoms. The first-order valence-electron chi connectivity index (χ1n) is 8.84. The molecule has 5 rings (SSSR count). The van der Waals surface area contributed by atoms with Crippen LogP contribution in [0.15, 0.2) is 24.4 Å². The summed E-state index contributed by atoms with van der Waals surface area (Å²) >= 11 is 1.39. The molecule has 2 aliphatic rings. The van der Waals surface area contributed by atoms with Gasteiger partial charge in [0.25, 0.3) is 0 Å². The van der Waals surface area contributed by atoms with E-state index >= 15 is 0 Å². The minimum absolute atomic E-state index is 0.182. The molecule has 26 heavy (non-hydrogen) atoms. The Morgan fingerprint density at radius 1 is 1.27 bits per heavy atom. The summed E-state index contributed by atoms with van der Waals surface area (Å²) in [5.41, 5.74) is 8.80. The zero-order chi connectivity index (χ0) is 17.7. The van der Waals surface area contributed by atoms with Crippen LogP contribution in [0.2, 0.25) is 0 Å². The third-order valence-corrected chi connectivity index (χ3v) is 6.07. The van der Waals surface area contributed by atoms with E-state index in [-0.39, 0.29) is 6.10 Å². The van der Waals surface area contributed by atoms with E-state index in [0.717, 1.165) is 41.9 Å². The van der Waals surface area contributed by atoms with Crippen LogP contribution in [0, 0.1) is 12.3 Å². The molecular formula is C18H20N6OS. The summed E-state index contributed by atoms with van der Waals surface area (Å²) in [6.07, 6.45) is 6.26. The van der Waals surface area contributed by atoms with Crippen molar-refractivity contribution >= 4 is 33.5 Å². The molecule has 1 spiro atoms. The van der Waals surface area contributed by atoms with Gasteiger partial charge in [0.15, 0.2) is 5.52 Å². The van der Waals surface area contributed by atoms with Gasteiger partial charge in [0.05, 0.1) is 11.2 Å². The average molecular weight is 368 g/mol. The number of aryl methyl sites for hydroxylation is 1. The van der Waals surface area contributed by atoms with Gasteiger partial charge in [-0.3, -0.25) is 0 Å². The van der Waals surface area contributed by atoms with Crippen molar-refractivity contribution in [1.82, 2.24) is 19.3 Å². The van der Waals surface area contributed by atoms with Gasteiger partial charge < -0.3 is 15.8 Å². The zero-order valence-corrected chi connectivity index (χ0v) is 15.3. The molecular weight excluding hydrogens is 348 g/mol.